The molecule has 0 radical (unpaired) electrons. The highest BCUT2D eigenvalue weighted by molar-refractivity contribution is 5.79. The van der Waals surface area contributed by atoms with Gasteiger partial charge in [-0.1, -0.05) is 12.1 Å². The van der Waals surface area contributed by atoms with Crippen molar-refractivity contribution in [1.29, 1.82) is 0 Å². The second kappa shape index (κ2) is 7.61. The van der Waals surface area contributed by atoms with Crippen LogP contribution in [0.25, 0.3) is 11.0 Å². The lowest BCUT2D eigenvalue weighted by atomic mass is 10.1. The van der Waals surface area contributed by atoms with Crippen LogP contribution in [-0.2, 0) is 17.8 Å². The van der Waals surface area contributed by atoms with E-state index in [1.807, 2.05) is 30.3 Å². The first-order chi connectivity index (χ1) is 12.2. The number of ether oxygens (including phenoxy) is 2. The topological polar surface area (TPSA) is 73.3 Å². The first kappa shape index (κ1) is 16.7. The van der Waals surface area contributed by atoms with Gasteiger partial charge in [0.1, 0.15) is 0 Å². The van der Waals surface area contributed by atoms with E-state index in [2.05, 4.69) is 15.3 Å². The Balaban J connectivity index is 1.62. The van der Waals surface area contributed by atoms with E-state index < -0.39 is 0 Å². The summed E-state index contributed by atoms with van der Waals surface area (Å²) in [6, 6.07) is 11.2. The Morgan fingerprint density at radius 1 is 0.920 bits per heavy atom. The Hall–Kier alpha value is -3.15. The van der Waals surface area contributed by atoms with Crippen molar-refractivity contribution in [2.75, 3.05) is 14.2 Å². The van der Waals surface area contributed by atoms with Gasteiger partial charge in [0, 0.05) is 18.9 Å². The smallest absolute Gasteiger partial charge is 0.224 e. The molecule has 0 unspecified atom stereocenters. The summed E-state index contributed by atoms with van der Waals surface area (Å²) in [5, 5.41) is 2.92. The Morgan fingerprint density at radius 3 is 2.40 bits per heavy atom. The number of carbonyl (C=O) groups is 1. The van der Waals surface area contributed by atoms with Crippen LogP contribution in [0.4, 0.5) is 0 Å². The van der Waals surface area contributed by atoms with Gasteiger partial charge >= 0.3 is 0 Å². The van der Waals surface area contributed by atoms with E-state index in [0.29, 0.717) is 18.0 Å². The maximum absolute atomic E-state index is 12.2. The summed E-state index contributed by atoms with van der Waals surface area (Å²) in [5.41, 5.74) is 3.49. The standard InChI is InChI=1S/C19H19N3O3/c1-24-17-6-4-13(10-18(17)25-2)11-19(23)22-12-14-3-5-15-16(9-14)21-8-7-20-15/h3-10H,11-12H2,1-2H3,(H,22,23). The second-order valence-corrected chi connectivity index (χ2v) is 5.52. The van der Waals surface area contributed by atoms with E-state index in [-0.39, 0.29) is 12.3 Å². The van der Waals surface area contributed by atoms with E-state index in [4.69, 9.17) is 9.47 Å². The predicted octanol–water partition coefficient (Wildman–Crippen LogP) is 2.51. The van der Waals surface area contributed by atoms with Crippen LogP contribution < -0.4 is 14.8 Å². The molecule has 0 saturated heterocycles. The third-order valence-corrected chi connectivity index (χ3v) is 3.84. The van der Waals surface area contributed by atoms with Crippen molar-refractivity contribution in [3.8, 4) is 11.5 Å². The molecule has 6 heteroatoms. The molecule has 1 heterocycles. The van der Waals surface area contributed by atoms with Crippen molar-refractivity contribution in [2.24, 2.45) is 0 Å². The van der Waals surface area contributed by atoms with Crippen LogP contribution in [-0.4, -0.2) is 30.1 Å². The Morgan fingerprint density at radius 2 is 1.64 bits per heavy atom. The number of amides is 1. The average molecular weight is 337 g/mol. The van der Waals surface area contributed by atoms with E-state index in [1.165, 1.54) is 0 Å². The van der Waals surface area contributed by atoms with Crippen LogP contribution in [0.1, 0.15) is 11.1 Å². The van der Waals surface area contributed by atoms with Gasteiger partial charge in [0.05, 0.1) is 31.7 Å². The number of methoxy groups -OCH3 is 2. The van der Waals surface area contributed by atoms with Crippen molar-refractivity contribution in [2.45, 2.75) is 13.0 Å². The molecular formula is C19H19N3O3. The highest BCUT2D eigenvalue weighted by atomic mass is 16.5. The number of carbonyl (C=O) groups excluding carboxylic acids is 1. The van der Waals surface area contributed by atoms with E-state index in [1.54, 1.807) is 32.7 Å². The molecule has 0 atom stereocenters. The minimum Gasteiger partial charge on any atom is -0.493 e. The first-order valence-electron chi connectivity index (χ1n) is 7.87. The summed E-state index contributed by atoms with van der Waals surface area (Å²) < 4.78 is 10.5. The molecule has 1 amide bonds. The number of hydrogen-bond acceptors (Lipinski definition) is 5. The van der Waals surface area contributed by atoms with Crippen molar-refractivity contribution in [1.82, 2.24) is 15.3 Å². The molecular weight excluding hydrogens is 318 g/mol. The van der Waals surface area contributed by atoms with E-state index >= 15 is 0 Å². The minimum atomic E-state index is -0.0635. The number of nitrogens with zero attached hydrogens (tertiary/aromatic N) is 2. The Bertz CT molecular complexity index is 896. The van der Waals surface area contributed by atoms with Gasteiger partial charge in [0.2, 0.25) is 5.91 Å². The highest BCUT2D eigenvalue weighted by Crippen LogP contribution is 2.27. The van der Waals surface area contributed by atoms with Crippen LogP contribution in [0, 0.1) is 0 Å². The molecule has 0 fully saturated rings. The maximum Gasteiger partial charge on any atom is 0.224 e. The molecule has 3 aromatic rings. The van der Waals surface area contributed by atoms with Crippen molar-refractivity contribution in [3.63, 3.8) is 0 Å². The summed E-state index contributed by atoms with van der Waals surface area (Å²) in [6.45, 7) is 0.443. The molecule has 0 aliphatic rings. The lowest BCUT2D eigenvalue weighted by Gasteiger charge is -2.10. The molecule has 0 saturated carbocycles. The largest absolute Gasteiger partial charge is 0.493 e. The first-order valence-corrected chi connectivity index (χ1v) is 7.87. The molecule has 128 valence electrons. The zero-order valence-electron chi connectivity index (χ0n) is 14.2. The van der Waals surface area contributed by atoms with Crippen LogP contribution in [0.5, 0.6) is 11.5 Å². The predicted molar refractivity (Wildman–Crippen MR) is 94.6 cm³/mol. The van der Waals surface area contributed by atoms with Gasteiger partial charge in [-0.3, -0.25) is 14.8 Å². The number of fused-ring (bicyclic) bond motifs is 1. The van der Waals surface area contributed by atoms with Crippen molar-refractivity contribution >= 4 is 16.9 Å². The molecule has 0 bridgehead atoms. The van der Waals surface area contributed by atoms with Gasteiger partial charge in [-0.15, -0.1) is 0 Å². The SMILES string of the molecule is COc1ccc(CC(=O)NCc2ccc3nccnc3c2)cc1OC. The molecule has 0 spiro atoms. The Kier molecular flexibility index (Phi) is 5.09. The van der Waals surface area contributed by atoms with Gasteiger partial charge in [-0.05, 0) is 35.4 Å². The number of nitrogens with one attached hydrogen (secondary N) is 1. The van der Waals surface area contributed by atoms with Crippen molar-refractivity contribution in [3.05, 3.63) is 59.9 Å². The number of aromatic nitrogens is 2. The molecule has 1 N–H and O–H groups in total. The quantitative estimate of drug-likeness (QED) is 0.748. The molecule has 6 nitrogen and oxygen atoms in total. The van der Waals surface area contributed by atoms with Crippen molar-refractivity contribution < 1.29 is 14.3 Å². The maximum atomic E-state index is 12.2. The normalized spacial score (nSPS) is 10.5. The summed E-state index contributed by atoms with van der Waals surface area (Å²) in [7, 11) is 3.16. The average Bonchev–Trinajstić information content (AvgIpc) is 2.66. The lowest BCUT2D eigenvalue weighted by Crippen LogP contribution is -2.24. The fourth-order valence-electron chi connectivity index (χ4n) is 2.56. The van der Waals surface area contributed by atoms with Crippen LogP contribution in [0.2, 0.25) is 0 Å². The van der Waals surface area contributed by atoms with E-state index in [9.17, 15) is 4.79 Å². The zero-order valence-corrected chi connectivity index (χ0v) is 14.2. The second-order valence-electron chi connectivity index (χ2n) is 5.52. The monoisotopic (exact) mass is 337 g/mol. The third kappa shape index (κ3) is 4.03. The summed E-state index contributed by atoms with van der Waals surface area (Å²) in [5.74, 6) is 1.19. The zero-order chi connectivity index (χ0) is 17.6. The fraction of sp³-hybridized carbons (Fsp3) is 0.211. The van der Waals surface area contributed by atoms with Crippen LogP contribution in [0.15, 0.2) is 48.8 Å². The van der Waals surface area contributed by atoms with Crippen LogP contribution in [0.3, 0.4) is 0 Å². The molecule has 3 rings (SSSR count). The number of rotatable bonds is 6. The highest BCUT2D eigenvalue weighted by Gasteiger charge is 2.08. The van der Waals surface area contributed by atoms with Gasteiger partial charge < -0.3 is 14.8 Å². The third-order valence-electron chi connectivity index (χ3n) is 3.84. The number of benzene rings is 2. The van der Waals surface area contributed by atoms with Gasteiger partial charge in [0.25, 0.3) is 0 Å². The van der Waals surface area contributed by atoms with Gasteiger partial charge in [-0.2, -0.15) is 0 Å². The minimum absolute atomic E-state index is 0.0635. The van der Waals surface area contributed by atoms with Crippen LogP contribution >= 0.6 is 0 Å². The van der Waals surface area contributed by atoms with Gasteiger partial charge in [0.15, 0.2) is 11.5 Å². The molecule has 1 aromatic heterocycles. The van der Waals surface area contributed by atoms with Gasteiger partial charge in [-0.25, -0.2) is 0 Å². The summed E-state index contributed by atoms with van der Waals surface area (Å²) in [4.78, 5) is 20.7. The fourth-order valence-corrected chi connectivity index (χ4v) is 2.56. The molecule has 0 aliphatic heterocycles. The molecule has 25 heavy (non-hydrogen) atoms. The molecule has 0 aliphatic carbocycles. The molecule has 2 aromatic carbocycles. The summed E-state index contributed by atoms with van der Waals surface area (Å²) in [6.07, 6.45) is 3.59. The van der Waals surface area contributed by atoms with E-state index in [0.717, 1.165) is 22.2 Å². The summed E-state index contributed by atoms with van der Waals surface area (Å²) >= 11 is 0. The Labute approximate surface area is 145 Å². The number of hydrogen-bond donors (Lipinski definition) is 1. The lowest BCUT2D eigenvalue weighted by molar-refractivity contribution is -0.120.